The first-order valence-electron chi connectivity index (χ1n) is 6.26. The highest BCUT2D eigenvalue weighted by molar-refractivity contribution is 7.07. The van der Waals surface area contributed by atoms with Gasteiger partial charge in [-0.25, -0.2) is 4.98 Å². The van der Waals surface area contributed by atoms with E-state index in [2.05, 4.69) is 29.5 Å². The zero-order valence-electron chi connectivity index (χ0n) is 10.3. The first kappa shape index (κ1) is 12.1. The molecule has 3 heteroatoms. The molecule has 1 heterocycles. The second-order valence-corrected chi connectivity index (χ2v) is 6.27. The van der Waals surface area contributed by atoms with Crippen LogP contribution in [0.2, 0.25) is 0 Å². The summed E-state index contributed by atoms with van der Waals surface area (Å²) in [5.41, 5.74) is 3.51. The van der Waals surface area contributed by atoms with Crippen LogP contribution in [-0.2, 0) is 6.54 Å². The molecule has 1 fully saturated rings. The summed E-state index contributed by atoms with van der Waals surface area (Å²) in [5.74, 6) is 0.912. The summed E-state index contributed by atoms with van der Waals surface area (Å²) in [7, 11) is 0. The van der Waals surface area contributed by atoms with Gasteiger partial charge in [-0.1, -0.05) is 26.7 Å². The van der Waals surface area contributed by atoms with Crippen molar-refractivity contribution < 1.29 is 0 Å². The van der Waals surface area contributed by atoms with Gasteiger partial charge >= 0.3 is 0 Å². The van der Waals surface area contributed by atoms with Crippen LogP contribution in [0.15, 0.2) is 10.9 Å². The Hall–Kier alpha value is -0.410. The van der Waals surface area contributed by atoms with E-state index in [4.69, 9.17) is 0 Å². The minimum absolute atomic E-state index is 0.437. The Morgan fingerprint density at radius 3 is 2.81 bits per heavy atom. The number of rotatable bonds is 5. The molecule has 0 atom stereocenters. The predicted molar refractivity (Wildman–Crippen MR) is 69.6 cm³/mol. The molecule has 2 rings (SSSR count). The van der Waals surface area contributed by atoms with Crippen molar-refractivity contribution in [2.24, 2.45) is 11.3 Å². The minimum atomic E-state index is 0.437. The second kappa shape index (κ2) is 5.28. The van der Waals surface area contributed by atoms with Crippen molar-refractivity contribution >= 4 is 11.3 Å². The maximum atomic E-state index is 4.29. The molecule has 16 heavy (non-hydrogen) atoms. The summed E-state index contributed by atoms with van der Waals surface area (Å²) in [6.07, 6.45) is 5.71. The van der Waals surface area contributed by atoms with Gasteiger partial charge in [0.05, 0.1) is 11.2 Å². The van der Waals surface area contributed by atoms with E-state index in [1.165, 1.54) is 31.4 Å². The topological polar surface area (TPSA) is 24.9 Å². The van der Waals surface area contributed by atoms with Gasteiger partial charge in [0.25, 0.3) is 0 Å². The average molecular weight is 238 g/mol. The number of hydrogen-bond acceptors (Lipinski definition) is 3. The predicted octanol–water partition coefficient (Wildman–Crippen LogP) is 3.45. The van der Waals surface area contributed by atoms with Crippen LogP contribution in [0.3, 0.4) is 0 Å². The average Bonchev–Trinajstić information content (AvgIpc) is 2.90. The van der Waals surface area contributed by atoms with Gasteiger partial charge in [0.1, 0.15) is 0 Å². The molecule has 0 radical (unpaired) electrons. The van der Waals surface area contributed by atoms with Crippen LogP contribution < -0.4 is 5.32 Å². The van der Waals surface area contributed by atoms with Crippen molar-refractivity contribution in [3.63, 3.8) is 0 Å². The highest BCUT2D eigenvalue weighted by Gasteiger charge is 2.31. The fourth-order valence-corrected chi connectivity index (χ4v) is 3.25. The molecule has 90 valence electrons. The van der Waals surface area contributed by atoms with E-state index in [0.717, 1.165) is 19.0 Å². The lowest BCUT2D eigenvalue weighted by atomic mass is 9.78. The highest BCUT2D eigenvalue weighted by atomic mass is 32.1. The van der Waals surface area contributed by atoms with Crippen molar-refractivity contribution in [2.75, 3.05) is 6.54 Å². The van der Waals surface area contributed by atoms with E-state index in [9.17, 15) is 0 Å². The van der Waals surface area contributed by atoms with E-state index in [0.29, 0.717) is 5.41 Å². The van der Waals surface area contributed by atoms with Crippen molar-refractivity contribution in [2.45, 2.75) is 46.1 Å². The maximum absolute atomic E-state index is 4.29. The smallest absolute Gasteiger partial charge is 0.0795 e. The summed E-state index contributed by atoms with van der Waals surface area (Å²) >= 11 is 1.67. The Balaban J connectivity index is 1.75. The van der Waals surface area contributed by atoms with E-state index in [-0.39, 0.29) is 0 Å². The number of nitrogens with one attached hydrogen (secondary N) is 1. The monoisotopic (exact) mass is 238 g/mol. The SMILES string of the molecule is CC(C)(CNCc1cscn1)C1CCCC1. The molecule has 2 nitrogen and oxygen atoms in total. The van der Waals surface area contributed by atoms with Crippen molar-refractivity contribution in [3.05, 3.63) is 16.6 Å². The standard InChI is InChI=1S/C13H22N2S/c1-13(2,11-5-3-4-6-11)9-14-7-12-8-16-10-15-12/h8,10-11,14H,3-7,9H2,1-2H3. The molecule has 1 aliphatic carbocycles. The molecule has 0 unspecified atom stereocenters. The van der Waals surface area contributed by atoms with Gasteiger partial charge in [0, 0.05) is 18.5 Å². The van der Waals surface area contributed by atoms with Crippen LogP contribution >= 0.6 is 11.3 Å². The molecule has 1 N–H and O–H groups in total. The molecule has 0 aliphatic heterocycles. The largest absolute Gasteiger partial charge is 0.311 e. The van der Waals surface area contributed by atoms with Gasteiger partial charge in [0.15, 0.2) is 0 Å². The number of aromatic nitrogens is 1. The van der Waals surface area contributed by atoms with Gasteiger partial charge in [-0.05, 0) is 24.2 Å². The molecular weight excluding hydrogens is 216 g/mol. The first-order valence-corrected chi connectivity index (χ1v) is 7.20. The van der Waals surface area contributed by atoms with Crippen molar-refractivity contribution in [1.29, 1.82) is 0 Å². The Morgan fingerprint density at radius 1 is 1.44 bits per heavy atom. The summed E-state index contributed by atoms with van der Waals surface area (Å²) in [6, 6.07) is 0. The summed E-state index contributed by atoms with van der Waals surface area (Å²) < 4.78 is 0. The second-order valence-electron chi connectivity index (χ2n) is 5.55. The minimum Gasteiger partial charge on any atom is -0.311 e. The fourth-order valence-electron chi connectivity index (χ4n) is 2.69. The van der Waals surface area contributed by atoms with Gasteiger partial charge in [-0.15, -0.1) is 11.3 Å². The summed E-state index contributed by atoms with van der Waals surface area (Å²) in [5, 5.41) is 5.67. The molecule has 1 aromatic heterocycles. The number of thiazole rings is 1. The van der Waals surface area contributed by atoms with E-state index < -0.39 is 0 Å². The van der Waals surface area contributed by atoms with Crippen LogP contribution in [0.5, 0.6) is 0 Å². The zero-order valence-corrected chi connectivity index (χ0v) is 11.1. The fraction of sp³-hybridized carbons (Fsp3) is 0.769. The van der Waals surface area contributed by atoms with Gasteiger partial charge in [-0.2, -0.15) is 0 Å². The molecule has 0 amide bonds. The lowest BCUT2D eigenvalue weighted by Gasteiger charge is -2.31. The Bertz CT molecular complexity index is 300. The quantitative estimate of drug-likeness (QED) is 0.850. The lowest BCUT2D eigenvalue weighted by Crippen LogP contribution is -2.34. The third-order valence-electron chi connectivity index (χ3n) is 3.83. The molecule has 1 saturated carbocycles. The molecule has 0 spiro atoms. The molecule has 0 saturated heterocycles. The third kappa shape index (κ3) is 3.05. The van der Waals surface area contributed by atoms with Crippen LogP contribution in [0, 0.1) is 11.3 Å². The molecular formula is C13H22N2S. The zero-order chi connectivity index (χ0) is 11.4. The third-order valence-corrected chi connectivity index (χ3v) is 4.47. The van der Waals surface area contributed by atoms with E-state index >= 15 is 0 Å². The number of nitrogens with zero attached hydrogens (tertiary/aromatic N) is 1. The molecule has 0 bridgehead atoms. The van der Waals surface area contributed by atoms with Gasteiger partial charge in [-0.3, -0.25) is 0 Å². The number of hydrogen-bond donors (Lipinski definition) is 1. The Kier molecular flexibility index (Phi) is 3.98. The van der Waals surface area contributed by atoms with Crippen LogP contribution in [0.4, 0.5) is 0 Å². The summed E-state index contributed by atoms with van der Waals surface area (Å²) in [6.45, 7) is 6.82. The molecule has 0 aromatic carbocycles. The maximum Gasteiger partial charge on any atom is 0.0795 e. The van der Waals surface area contributed by atoms with Crippen LogP contribution in [0.1, 0.15) is 45.2 Å². The Labute approximate surface area is 102 Å². The highest BCUT2D eigenvalue weighted by Crippen LogP contribution is 2.38. The van der Waals surface area contributed by atoms with E-state index in [1.807, 2.05) is 5.51 Å². The van der Waals surface area contributed by atoms with Gasteiger partial charge in [0.2, 0.25) is 0 Å². The first-order chi connectivity index (χ1) is 7.68. The van der Waals surface area contributed by atoms with E-state index in [1.54, 1.807) is 11.3 Å². The normalized spacial score (nSPS) is 18.1. The van der Waals surface area contributed by atoms with Gasteiger partial charge < -0.3 is 5.32 Å². The van der Waals surface area contributed by atoms with Crippen LogP contribution in [0.25, 0.3) is 0 Å². The Morgan fingerprint density at radius 2 is 2.19 bits per heavy atom. The molecule has 1 aliphatic rings. The molecule has 1 aromatic rings. The van der Waals surface area contributed by atoms with Crippen LogP contribution in [-0.4, -0.2) is 11.5 Å². The van der Waals surface area contributed by atoms with Crippen molar-refractivity contribution in [3.8, 4) is 0 Å². The summed E-state index contributed by atoms with van der Waals surface area (Å²) in [4.78, 5) is 4.29. The van der Waals surface area contributed by atoms with Crippen molar-refractivity contribution in [1.82, 2.24) is 10.3 Å². The lowest BCUT2D eigenvalue weighted by molar-refractivity contribution is 0.207.